The summed E-state index contributed by atoms with van der Waals surface area (Å²) >= 11 is 3.67. The SMILES string of the molecule is CCC(CC(=O)S)C(C)C=O. The van der Waals surface area contributed by atoms with E-state index >= 15 is 0 Å². The standard InChI is InChI=1S/C8H14O2S/c1-3-7(4-8(10)11)6(2)5-9/h5-7H,3-4H2,1-2H3,(H,10,11). The molecule has 0 N–H and O–H groups in total. The third kappa shape index (κ3) is 4.19. The lowest BCUT2D eigenvalue weighted by atomic mass is 9.90. The highest BCUT2D eigenvalue weighted by Gasteiger charge is 2.16. The molecule has 0 saturated carbocycles. The number of carbonyl (C=O) groups excluding carboxylic acids is 2. The van der Waals surface area contributed by atoms with Crippen LogP contribution in [-0.2, 0) is 9.59 Å². The fourth-order valence-electron chi connectivity index (χ4n) is 1.04. The maximum atomic E-state index is 10.6. The molecule has 0 bridgehead atoms. The largest absolute Gasteiger partial charge is 0.303 e. The topological polar surface area (TPSA) is 34.1 Å². The molecule has 2 nitrogen and oxygen atoms in total. The average Bonchev–Trinajstić information content (AvgIpc) is 1.98. The van der Waals surface area contributed by atoms with E-state index in [1.165, 1.54) is 0 Å². The average molecular weight is 174 g/mol. The molecule has 0 amide bonds. The van der Waals surface area contributed by atoms with E-state index in [0.717, 1.165) is 12.7 Å². The zero-order valence-electron chi connectivity index (χ0n) is 6.91. The van der Waals surface area contributed by atoms with Crippen LogP contribution in [-0.4, -0.2) is 11.4 Å². The Hall–Kier alpha value is -0.310. The number of aldehydes is 1. The lowest BCUT2D eigenvalue weighted by Crippen LogP contribution is -2.14. The molecule has 64 valence electrons. The Morgan fingerprint density at radius 2 is 2.18 bits per heavy atom. The molecule has 0 aliphatic carbocycles. The molecule has 0 fully saturated rings. The predicted molar refractivity (Wildman–Crippen MR) is 47.6 cm³/mol. The van der Waals surface area contributed by atoms with Crippen LogP contribution in [0, 0.1) is 11.8 Å². The van der Waals surface area contributed by atoms with Crippen LogP contribution in [0.3, 0.4) is 0 Å². The monoisotopic (exact) mass is 174 g/mol. The highest BCUT2D eigenvalue weighted by atomic mass is 32.1. The van der Waals surface area contributed by atoms with Crippen molar-refractivity contribution >= 4 is 24.0 Å². The van der Waals surface area contributed by atoms with Crippen LogP contribution in [0.25, 0.3) is 0 Å². The second kappa shape index (κ2) is 5.35. The third-order valence-corrected chi connectivity index (χ3v) is 2.10. The molecule has 0 aromatic rings. The summed E-state index contributed by atoms with van der Waals surface area (Å²) in [5.41, 5.74) is 0. The summed E-state index contributed by atoms with van der Waals surface area (Å²) in [6, 6.07) is 0. The molecular formula is C8H14O2S. The van der Waals surface area contributed by atoms with Crippen LogP contribution in [0.2, 0.25) is 0 Å². The summed E-state index contributed by atoms with van der Waals surface area (Å²) in [6.45, 7) is 3.80. The van der Waals surface area contributed by atoms with E-state index in [1.54, 1.807) is 0 Å². The summed E-state index contributed by atoms with van der Waals surface area (Å²) in [5.74, 6) is 0.133. The van der Waals surface area contributed by atoms with E-state index in [-0.39, 0.29) is 17.0 Å². The number of thiol groups is 1. The molecule has 2 atom stereocenters. The van der Waals surface area contributed by atoms with Crippen LogP contribution in [0.4, 0.5) is 0 Å². The summed E-state index contributed by atoms with van der Waals surface area (Å²) in [7, 11) is 0. The van der Waals surface area contributed by atoms with Crippen molar-refractivity contribution in [3.8, 4) is 0 Å². The number of carbonyl (C=O) groups is 2. The molecule has 0 aromatic carbocycles. The Balaban J connectivity index is 3.93. The minimum atomic E-state index is -0.134. The van der Waals surface area contributed by atoms with Crippen molar-refractivity contribution in [2.24, 2.45) is 11.8 Å². The zero-order valence-corrected chi connectivity index (χ0v) is 7.80. The van der Waals surface area contributed by atoms with Crippen molar-refractivity contribution in [3.63, 3.8) is 0 Å². The van der Waals surface area contributed by atoms with Crippen LogP contribution in [0.15, 0.2) is 0 Å². The van der Waals surface area contributed by atoms with Gasteiger partial charge >= 0.3 is 0 Å². The molecule has 0 rings (SSSR count). The van der Waals surface area contributed by atoms with Gasteiger partial charge in [0.25, 0.3) is 0 Å². The van der Waals surface area contributed by atoms with Crippen LogP contribution < -0.4 is 0 Å². The normalized spacial score (nSPS) is 15.5. The lowest BCUT2D eigenvalue weighted by Gasteiger charge is -2.14. The van der Waals surface area contributed by atoms with E-state index in [0.29, 0.717) is 6.42 Å². The first kappa shape index (κ1) is 10.7. The second-order valence-electron chi connectivity index (χ2n) is 2.76. The molecule has 0 spiro atoms. The minimum Gasteiger partial charge on any atom is -0.303 e. The molecule has 11 heavy (non-hydrogen) atoms. The van der Waals surface area contributed by atoms with Gasteiger partial charge in [-0.2, -0.15) is 0 Å². The number of hydrogen-bond acceptors (Lipinski definition) is 2. The van der Waals surface area contributed by atoms with Gasteiger partial charge in [-0.15, -0.1) is 12.6 Å². The van der Waals surface area contributed by atoms with E-state index < -0.39 is 0 Å². The summed E-state index contributed by atoms with van der Waals surface area (Å²) in [6.07, 6.45) is 2.15. The lowest BCUT2D eigenvalue weighted by molar-refractivity contribution is -0.114. The fraction of sp³-hybridized carbons (Fsp3) is 0.750. The quantitative estimate of drug-likeness (QED) is 0.508. The Morgan fingerprint density at radius 3 is 2.45 bits per heavy atom. The molecular weight excluding hydrogens is 160 g/mol. The highest BCUT2D eigenvalue weighted by Crippen LogP contribution is 2.18. The van der Waals surface area contributed by atoms with Crippen molar-refractivity contribution < 1.29 is 9.59 Å². The van der Waals surface area contributed by atoms with E-state index in [1.807, 2.05) is 13.8 Å². The fourth-order valence-corrected chi connectivity index (χ4v) is 1.27. The van der Waals surface area contributed by atoms with Gasteiger partial charge in [-0.1, -0.05) is 20.3 Å². The van der Waals surface area contributed by atoms with E-state index in [2.05, 4.69) is 12.6 Å². The van der Waals surface area contributed by atoms with Gasteiger partial charge < -0.3 is 4.79 Å². The highest BCUT2D eigenvalue weighted by molar-refractivity contribution is 7.96. The second-order valence-corrected chi connectivity index (χ2v) is 3.26. The van der Waals surface area contributed by atoms with Gasteiger partial charge in [0.2, 0.25) is 0 Å². The van der Waals surface area contributed by atoms with Crippen molar-refractivity contribution in [1.29, 1.82) is 0 Å². The van der Waals surface area contributed by atoms with Crippen LogP contribution in [0.1, 0.15) is 26.7 Å². The summed E-state index contributed by atoms with van der Waals surface area (Å²) in [5, 5.41) is -0.134. The Kier molecular flexibility index (Phi) is 5.20. The summed E-state index contributed by atoms with van der Waals surface area (Å²) in [4.78, 5) is 20.9. The van der Waals surface area contributed by atoms with Crippen molar-refractivity contribution in [2.75, 3.05) is 0 Å². The first-order valence-electron chi connectivity index (χ1n) is 3.78. The predicted octanol–water partition coefficient (Wildman–Crippen LogP) is 1.69. The van der Waals surface area contributed by atoms with Gasteiger partial charge in [0, 0.05) is 12.3 Å². The number of rotatable bonds is 5. The van der Waals surface area contributed by atoms with E-state index in [4.69, 9.17) is 0 Å². The molecule has 3 heteroatoms. The van der Waals surface area contributed by atoms with E-state index in [9.17, 15) is 9.59 Å². The van der Waals surface area contributed by atoms with Crippen LogP contribution >= 0.6 is 12.6 Å². The van der Waals surface area contributed by atoms with Gasteiger partial charge in [-0.3, -0.25) is 4.79 Å². The van der Waals surface area contributed by atoms with Crippen molar-refractivity contribution in [2.45, 2.75) is 26.7 Å². The Morgan fingerprint density at radius 1 is 1.64 bits per heavy atom. The van der Waals surface area contributed by atoms with Gasteiger partial charge in [-0.25, -0.2) is 0 Å². The van der Waals surface area contributed by atoms with Gasteiger partial charge in [0.1, 0.15) is 6.29 Å². The summed E-state index contributed by atoms with van der Waals surface area (Å²) < 4.78 is 0. The number of hydrogen-bond donors (Lipinski definition) is 1. The Bertz CT molecular complexity index is 145. The van der Waals surface area contributed by atoms with Gasteiger partial charge in [0.15, 0.2) is 5.12 Å². The molecule has 0 aromatic heterocycles. The van der Waals surface area contributed by atoms with Crippen molar-refractivity contribution in [3.05, 3.63) is 0 Å². The molecule has 0 aliphatic rings. The first-order chi connectivity index (χ1) is 5.11. The first-order valence-corrected chi connectivity index (χ1v) is 4.23. The minimum absolute atomic E-state index is 0.0314. The maximum absolute atomic E-state index is 10.6. The molecule has 0 radical (unpaired) electrons. The maximum Gasteiger partial charge on any atom is 0.186 e. The molecule has 0 aliphatic heterocycles. The van der Waals surface area contributed by atoms with Crippen molar-refractivity contribution in [1.82, 2.24) is 0 Å². The smallest absolute Gasteiger partial charge is 0.186 e. The van der Waals surface area contributed by atoms with Gasteiger partial charge in [0.05, 0.1) is 0 Å². The van der Waals surface area contributed by atoms with Gasteiger partial charge in [-0.05, 0) is 5.92 Å². The molecule has 0 saturated heterocycles. The Labute approximate surface area is 72.8 Å². The third-order valence-electron chi connectivity index (χ3n) is 1.92. The van der Waals surface area contributed by atoms with Crippen LogP contribution in [0.5, 0.6) is 0 Å². The zero-order chi connectivity index (χ0) is 8.85. The molecule has 2 unspecified atom stereocenters. The molecule has 0 heterocycles.